The highest BCUT2D eigenvalue weighted by Gasteiger charge is 2.01. The lowest BCUT2D eigenvalue weighted by Crippen LogP contribution is -1.54. The van der Waals surface area contributed by atoms with Gasteiger partial charge in [-0.25, -0.2) is 14.5 Å². The number of H-pyrrole nitrogens is 2. The first kappa shape index (κ1) is 13.9. The van der Waals surface area contributed by atoms with Gasteiger partial charge in [0.05, 0.1) is 12.7 Å². The first-order chi connectivity index (χ1) is 7.00. The Morgan fingerprint density at radius 2 is 1.40 bits per heavy atom. The number of hydrogen-bond acceptors (Lipinski definition) is 3. The average Bonchev–Trinajstić information content (AvgIpc) is 2.81. The Morgan fingerprint density at radius 3 is 1.47 bits per heavy atom. The monoisotopic (exact) mass is 252 g/mol. The molecular formula is C6H10ClN4O3P. The third kappa shape index (κ3) is 19.3. The Balaban J connectivity index is 0.000000196. The summed E-state index contributed by atoms with van der Waals surface area (Å²) < 4.78 is 9.09. The van der Waals surface area contributed by atoms with E-state index in [1.54, 1.807) is 37.4 Å². The van der Waals surface area contributed by atoms with E-state index >= 15 is 0 Å². The number of halogens is 1. The summed E-state index contributed by atoms with van der Waals surface area (Å²) in [4.78, 5) is 27.6. The normalized spacial score (nSPS) is 9.27. The van der Waals surface area contributed by atoms with Crippen molar-refractivity contribution in [1.82, 2.24) is 19.9 Å². The molecule has 0 unspecified atom stereocenters. The zero-order chi connectivity index (χ0) is 11.6. The van der Waals surface area contributed by atoms with Crippen molar-refractivity contribution >= 4 is 18.2 Å². The molecule has 0 saturated heterocycles. The van der Waals surface area contributed by atoms with Crippen LogP contribution in [0.1, 0.15) is 0 Å². The summed E-state index contributed by atoms with van der Waals surface area (Å²) in [5.41, 5.74) is 0. The van der Waals surface area contributed by atoms with Crippen LogP contribution in [0, 0.1) is 0 Å². The van der Waals surface area contributed by atoms with E-state index in [9.17, 15) is 0 Å². The summed E-state index contributed by atoms with van der Waals surface area (Å²) >= 11 is 4.20. The highest BCUT2D eigenvalue weighted by molar-refractivity contribution is 7.79. The maximum atomic E-state index is 9.09. The van der Waals surface area contributed by atoms with E-state index < -0.39 is 6.95 Å². The molecule has 2 rings (SSSR count). The second-order valence-corrected chi connectivity index (χ2v) is 4.26. The van der Waals surface area contributed by atoms with E-state index in [1.165, 1.54) is 0 Å². The van der Waals surface area contributed by atoms with Gasteiger partial charge in [-0.3, -0.25) is 0 Å². The molecule has 0 amide bonds. The molecule has 0 spiro atoms. The highest BCUT2D eigenvalue weighted by Crippen LogP contribution is 2.39. The number of rotatable bonds is 0. The number of nitrogens with zero attached hydrogens (tertiary/aromatic N) is 2. The van der Waals surface area contributed by atoms with E-state index in [0.717, 1.165) is 0 Å². The quantitative estimate of drug-likeness (QED) is 0.525. The molecule has 0 bridgehead atoms. The average molecular weight is 253 g/mol. The maximum absolute atomic E-state index is 9.09. The number of imidazole rings is 2. The van der Waals surface area contributed by atoms with Gasteiger partial charge in [0.1, 0.15) is 0 Å². The molecule has 2 aromatic rings. The van der Waals surface area contributed by atoms with E-state index in [1.807, 2.05) is 0 Å². The predicted molar refractivity (Wildman–Crippen MR) is 55.1 cm³/mol. The Hall–Kier alpha value is -1.14. The van der Waals surface area contributed by atoms with Crippen LogP contribution < -0.4 is 0 Å². The molecule has 9 heteroatoms. The SMILES string of the molecule is O=P(O)(O)Cl.c1c[nH]cn1.c1c[nH]cn1. The van der Waals surface area contributed by atoms with E-state index in [0.29, 0.717) is 0 Å². The van der Waals surface area contributed by atoms with E-state index in [4.69, 9.17) is 14.4 Å². The van der Waals surface area contributed by atoms with Crippen molar-refractivity contribution in [3.8, 4) is 0 Å². The van der Waals surface area contributed by atoms with Gasteiger partial charge in [-0.1, -0.05) is 0 Å². The molecule has 4 N–H and O–H groups in total. The highest BCUT2D eigenvalue weighted by atomic mass is 35.7. The van der Waals surface area contributed by atoms with Crippen LogP contribution in [-0.2, 0) is 4.57 Å². The molecule has 0 aliphatic rings. The van der Waals surface area contributed by atoms with Crippen molar-refractivity contribution in [2.24, 2.45) is 0 Å². The van der Waals surface area contributed by atoms with Crippen molar-refractivity contribution in [1.29, 1.82) is 0 Å². The van der Waals surface area contributed by atoms with Crippen LogP contribution in [0.5, 0.6) is 0 Å². The van der Waals surface area contributed by atoms with Crippen LogP contribution in [0.2, 0.25) is 0 Å². The van der Waals surface area contributed by atoms with Gasteiger partial charge >= 0.3 is 6.95 Å². The number of aromatic amines is 2. The Morgan fingerprint density at radius 1 is 1.07 bits per heavy atom. The minimum Gasteiger partial charge on any atom is -0.351 e. The van der Waals surface area contributed by atoms with Crippen molar-refractivity contribution in [2.75, 3.05) is 0 Å². The van der Waals surface area contributed by atoms with Crippen molar-refractivity contribution in [3.63, 3.8) is 0 Å². The lowest BCUT2D eigenvalue weighted by molar-refractivity contribution is 0.395. The van der Waals surface area contributed by atoms with Crippen LogP contribution >= 0.6 is 18.2 Å². The van der Waals surface area contributed by atoms with Crippen molar-refractivity contribution in [3.05, 3.63) is 37.4 Å². The number of nitrogens with one attached hydrogen (secondary N) is 2. The third-order valence-corrected chi connectivity index (χ3v) is 0.812. The second kappa shape index (κ2) is 8.19. The molecular weight excluding hydrogens is 243 g/mol. The molecule has 0 atom stereocenters. The molecule has 2 heterocycles. The van der Waals surface area contributed by atoms with Gasteiger partial charge < -0.3 is 19.8 Å². The Kier molecular flexibility index (Phi) is 7.57. The molecule has 0 fully saturated rings. The molecule has 0 aliphatic carbocycles. The minimum absolute atomic E-state index is 1.62. The van der Waals surface area contributed by atoms with Gasteiger partial charge in [0.15, 0.2) is 0 Å². The smallest absolute Gasteiger partial charge is 0.351 e. The summed E-state index contributed by atoms with van der Waals surface area (Å²) in [5, 5.41) is 0. The van der Waals surface area contributed by atoms with E-state index in [-0.39, 0.29) is 0 Å². The molecule has 0 aromatic carbocycles. The molecule has 2 aromatic heterocycles. The maximum Gasteiger partial charge on any atom is 0.419 e. The topological polar surface area (TPSA) is 115 Å². The molecule has 7 nitrogen and oxygen atoms in total. The largest absolute Gasteiger partial charge is 0.419 e. The summed E-state index contributed by atoms with van der Waals surface area (Å²) in [7, 11) is 0. The van der Waals surface area contributed by atoms with Crippen LogP contribution in [0.15, 0.2) is 37.4 Å². The fourth-order valence-electron chi connectivity index (χ4n) is 0.430. The van der Waals surface area contributed by atoms with Crippen LogP contribution in [0.25, 0.3) is 0 Å². The van der Waals surface area contributed by atoms with Crippen molar-refractivity contribution < 1.29 is 14.4 Å². The van der Waals surface area contributed by atoms with Crippen LogP contribution in [0.3, 0.4) is 0 Å². The standard InChI is InChI=1S/2C3H4N2.ClH2O3P/c2*1-2-5-3-4-1;1-5(2,3)4/h2*1-3H,(H,4,5);(H2,2,3,4). The lowest BCUT2D eigenvalue weighted by atomic mass is 11.0. The number of aromatic nitrogens is 4. The molecule has 15 heavy (non-hydrogen) atoms. The van der Waals surface area contributed by atoms with Crippen LogP contribution in [0.4, 0.5) is 0 Å². The molecule has 84 valence electrons. The zero-order valence-electron chi connectivity index (χ0n) is 7.49. The van der Waals surface area contributed by atoms with Crippen LogP contribution in [-0.4, -0.2) is 29.7 Å². The Labute approximate surface area is 90.5 Å². The van der Waals surface area contributed by atoms with Gasteiger partial charge in [0.2, 0.25) is 0 Å². The first-order valence-electron chi connectivity index (χ1n) is 3.61. The number of hydrogen-bond donors (Lipinski definition) is 4. The summed E-state index contributed by atoms with van der Waals surface area (Å²) in [5.74, 6) is 0. The van der Waals surface area contributed by atoms with Gasteiger partial charge in [-0.15, -0.1) is 0 Å². The third-order valence-electron chi connectivity index (χ3n) is 0.812. The lowest BCUT2D eigenvalue weighted by Gasteiger charge is -1.80. The van der Waals surface area contributed by atoms with Gasteiger partial charge in [0, 0.05) is 36.0 Å². The predicted octanol–water partition coefficient (Wildman–Crippen LogP) is 1.14. The molecule has 0 saturated carbocycles. The summed E-state index contributed by atoms with van der Waals surface area (Å²) in [6, 6.07) is 0. The van der Waals surface area contributed by atoms with Gasteiger partial charge in [-0.05, 0) is 0 Å². The molecule has 0 radical (unpaired) electrons. The van der Waals surface area contributed by atoms with Gasteiger partial charge in [0.25, 0.3) is 0 Å². The first-order valence-corrected chi connectivity index (χ1v) is 6.12. The summed E-state index contributed by atoms with van der Waals surface area (Å²) in [6.07, 6.45) is 10.2. The fraction of sp³-hybridized carbons (Fsp3) is 0. The minimum atomic E-state index is -4.17. The summed E-state index contributed by atoms with van der Waals surface area (Å²) in [6.45, 7) is -4.17. The molecule has 0 aliphatic heterocycles. The van der Waals surface area contributed by atoms with Crippen molar-refractivity contribution in [2.45, 2.75) is 0 Å². The Bertz CT molecular complexity index is 277. The second-order valence-electron chi connectivity index (χ2n) is 1.99. The zero-order valence-corrected chi connectivity index (χ0v) is 9.14. The van der Waals surface area contributed by atoms with E-state index in [2.05, 4.69) is 31.2 Å². The van der Waals surface area contributed by atoms with Gasteiger partial charge in [-0.2, -0.15) is 0 Å². The fourth-order valence-corrected chi connectivity index (χ4v) is 0.430.